The highest BCUT2D eigenvalue weighted by Gasteiger charge is 2.30. The maximum absolute atomic E-state index is 10.6. The van der Waals surface area contributed by atoms with Gasteiger partial charge < -0.3 is 14.9 Å². The van der Waals surface area contributed by atoms with E-state index in [1.54, 1.807) is 0 Å². The molecule has 1 heterocycles. The second-order valence-corrected chi connectivity index (χ2v) is 4.98. The van der Waals surface area contributed by atoms with Gasteiger partial charge in [0, 0.05) is 17.5 Å². The Morgan fingerprint density at radius 3 is 2.85 bits per heavy atom. The molecule has 0 unspecified atom stereocenters. The van der Waals surface area contributed by atoms with E-state index >= 15 is 0 Å². The van der Waals surface area contributed by atoms with E-state index in [9.17, 15) is 4.79 Å². The average Bonchev–Trinajstić information content (AvgIpc) is 3.07. The third kappa shape index (κ3) is 2.64. The predicted octanol–water partition coefficient (Wildman–Crippen LogP) is 2.64. The van der Waals surface area contributed by atoms with E-state index in [2.05, 4.69) is 15.5 Å². The van der Waals surface area contributed by atoms with Crippen molar-refractivity contribution < 1.29 is 14.4 Å². The van der Waals surface area contributed by atoms with Crippen molar-refractivity contribution in [3.05, 3.63) is 36.2 Å². The molecular formula is C14H15N3O3. The quantitative estimate of drug-likeness (QED) is 0.897. The number of carboxylic acid groups (broad SMARTS) is 1. The minimum absolute atomic E-state index is 0.0235. The van der Waals surface area contributed by atoms with Crippen LogP contribution in [-0.2, 0) is 0 Å². The van der Waals surface area contributed by atoms with Gasteiger partial charge in [0.15, 0.2) is 0 Å². The molecule has 2 N–H and O–H groups in total. The monoisotopic (exact) mass is 273 g/mol. The summed E-state index contributed by atoms with van der Waals surface area (Å²) >= 11 is 0. The van der Waals surface area contributed by atoms with Crippen molar-refractivity contribution in [3.63, 3.8) is 0 Å². The second-order valence-electron chi connectivity index (χ2n) is 4.98. The molecule has 0 spiro atoms. The third-order valence-electron chi connectivity index (χ3n) is 3.58. The molecule has 1 amide bonds. The van der Waals surface area contributed by atoms with Crippen molar-refractivity contribution in [3.8, 4) is 11.4 Å². The van der Waals surface area contributed by atoms with Crippen LogP contribution >= 0.6 is 0 Å². The van der Waals surface area contributed by atoms with Gasteiger partial charge in [0.25, 0.3) is 0 Å². The summed E-state index contributed by atoms with van der Waals surface area (Å²) in [6.07, 6.45) is 1.40. The van der Waals surface area contributed by atoms with Crippen LogP contribution in [0.25, 0.3) is 11.4 Å². The van der Waals surface area contributed by atoms with Crippen molar-refractivity contribution in [2.75, 3.05) is 0 Å². The highest BCUT2D eigenvalue weighted by Crippen LogP contribution is 2.34. The highest BCUT2D eigenvalue weighted by molar-refractivity contribution is 5.64. The number of nitrogens with zero attached hydrogens (tertiary/aromatic N) is 2. The average molecular weight is 273 g/mol. The fraction of sp³-hybridized carbons (Fsp3) is 0.357. The Morgan fingerprint density at radius 1 is 1.30 bits per heavy atom. The van der Waals surface area contributed by atoms with Crippen LogP contribution in [0.1, 0.15) is 31.1 Å². The van der Waals surface area contributed by atoms with E-state index < -0.39 is 6.09 Å². The minimum Gasteiger partial charge on any atom is -0.465 e. The molecule has 0 bridgehead atoms. The van der Waals surface area contributed by atoms with Crippen LogP contribution in [-0.4, -0.2) is 27.4 Å². The van der Waals surface area contributed by atoms with Gasteiger partial charge in [-0.2, -0.15) is 4.98 Å². The molecule has 1 aliphatic rings. The zero-order chi connectivity index (χ0) is 13.9. The van der Waals surface area contributed by atoms with E-state index in [1.165, 1.54) is 0 Å². The normalized spacial score (nSPS) is 21.8. The first-order valence-electron chi connectivity index (χ1n) is 6.61. The predicted molar refractivity (Wildman–Crippen MR) is 71.3 cm³/mol. The Labute approximate surface area is 115 Å². The summed E-state index contributed by atoms with van der Waals surface area (Å²) in [5, 5.41) is 15.2. The Hall–Kier alpha value is -2.37. The number of amides is 1. The van der Waals surface area contributed by atoms with Gasteiger partial charge in [-0.25, -0.2) is 4.79 Å². The number of hydrogen-bond donors (Lipinski definition) is 2. The lowest BCUT2D eigenvalue weighted by molar-refractivity contribution is 0.190. The number of benzene rings is 1. The summed E-state index contributed by atoms with van der Waals surface area (Å²) in [5.41, 5.74) is 0.917. The number of aromatic nitrogens is 2. The minimum atomic E-state index is -0.980. The molecule has 1 aromatic carbocycles. The molecule has 1 aromatic heterocycles. The van der Waals surface area contributed by atoms with Gasteiger partial charge in [-0.05, 0) is 19.3 Å². The first-order chi connectivity index (χ1) is 9.72. The number of carbonyl (C=O) groups is 1. The highest BCUT2D eigenvalue weighted by atomic mass is 16.5. The van der Waals surface area contributed by atoms with Crippen LogP contribution in [0.2, 0.25) is 0 Å². The molecular weight excluding hydrogens is 258 g/mol. The summed E-state index contributed by atoms with van der Waals surface area (Å²) in [6.45, 7) is 0. The lowest BCUT2D eigenvalue weighted by Crippen LogP contribution is -2.31. The van der Waals surface area contributed by atoms with Crippen LogP contribution in [0.5, 0.6) is 0 Å². The molecule has 6 heteroatoms. The fourth-order valence-corrected chi connectivity index (χ4v) is 2.62. The maximum atomic E-state index is 10.6. The molecule has 3 rings (SSSR count). The Bertz CT molecular complexity index is 597. The Kier molecular flexibility index (Phi) is 3.37. The Morgan fingerprint density at radius 2 is 2.10 bits per heavy atom. The fourth-order valence-electron chi connectivity index (χ4n) is 2.62. The van der Waals surface area contributed by atoms with Gasteiger partial charge in [-0.3, -0.25) is 0 Å². The SMILES string of the molecule is O=C(O)N[C@H]1CC[C@@H](c2nc(-c3ccccc3)no2)C1. The molecule has 6 nitrogen and oxygen atoms in total. The van der Waals surface area contributed by atoms with E-state index in [0.717, 1.165) is 18.4 Å². The molecule has 1 aliphatic carbocycles. The number of hydrogen-bond acceptors (Lipinski definition) is 4. The number of nitrogens with one attached hydrogen (secondary N) is 1. The summed E-state index contributed by atoms with van der Waals surface area (Å²) in [6, 6.07) is 9.62. The van der Waals surface area contributed by atoms with Crippen molar-refractivity contribution in [2.45, 2.75) is 31.2 Å². The van der Waals surface area contributed by atoms with Crippen molar-refractivity contribution in [1.29, 1.82) is 0 Å². The molecule has 20 heavy (non-hydrogen) atoms. The second kappa shape index (κ2) is 5.32. The topological polar surface area (TPSA) is 88.2 Å². The zero-order valence-electron chi connectivity index (χ0n) is 10.8. The van der Waals surface area contributed by atoms with Crippen molar-refractivity contribution in [1.82, 2.24) is 15.5 Å². The lowest BCUT2D eigenvalue weighted by atomic mass is 10.1. The van der Waals surface area contributed by atoms with Gasteiger partial charge in [0.05, 0.1) is 0 Å². The van der Waals surface area contributed by atoms with Crippen molar-refractivity contribution >= 4 is 6.09 Å². The molecule has 0 aliphatic heterocycles. The van der Waals surface area contributed by atoms with Gasteiger partial charge in [0.1, 0.15) is 0 Å². The van der Waals surface area contributed by atoms with Gasteiger partial charge in [0.2, 0.25) is 11.7 Å². The van der Waals surface area contributed by atoms with Crippen LogP contribution in [0.4, 0.5) is 4.79 Å². The maximum Gasteiger partial charge on any atom is 0.404 e. The first kappa shape index (κ1) is 12.7. The van der Waals surface area contributed by atoms with Gasteiger partial charge in [-0.1, -0.05) is 35.5 Å². The molecule has 0 saturated heterocycles. The first-order valence-corrected chi connectivity index (χ1v) is 6.61. The molecule has 1 saturated carbocycles. The van der Waals surface area contributed by atoms with Crippen molar-refractivity contribution in [2.24, 2.45) is 0 Å². The van der Waals surface area contributed by atoms with Gasteiger partial charge in [-0.15, -0.1) is 0 Å². The largest absolute Gasteiger partial charge is 0.465 e. The summed E-state index contributed by atoms with van der Waals surface area (Å²) in [5.74, 6) is 1.31. The molecule has 104 valence electrons. The van der Waals surface area contributed by atoms with Gasteiger partial charge >= 0.3 is 6.09 Å². The molecule has 2 aromatic rings. The molecule has 2 atom stereocenters. The Balaban J connectivity index is 1.70. The summed E-state index contributed by atoms with van der Waals surface area (Å²) in [7, 11) is 0. The van der Waals surface area contributed by atoms with E-state index in [4.69, 9.17) is 9.63 Å². The summed E-state index contributed by atoms with van der Waals surface area (Å²) < 4.78 is 5.32. The molecule has 1 fully saturated rings. The standard InChI is InChI=1S/C14H15N3O3/c18-14(19)15-11-7-6-10(8-11)13-16-12(17-20-13)9-4-2-1-3-5-9/h1-5,10-11,15H,6-8H2,(H,18,19)/t10-,11+/m1/s1. The molecule has 0 radical (unpaired) electrons. The third-order valence-corrected chi connectivity index (χ3v) is 3.58. The van der Waals surface area contributed by atoms with Crippen LogP contribution in [0.3, 0.4) is 0 Å². The zero-order valence-corrected chi connectivity index (χ0v) is 10.8. The lowest BCUT2D eigenvalue weighted by Gasteiger charge is -2.08. The van der Waals surface area contributed by atoms with E-state index in [1.807, 2.05) is 30.3 Å². The number of rotatable bonds is 3. The summed E-state index contributed by atoms with van der Waals surface area (Å²) in [4.78, 5) is 15.0. The van der Waals surface area contributed by atoms with E-state index in [0.29, 0.717) is 18.1 Å². The van der Waals surface area contributed by atoms with Crippen LogP contribution in [0, 0.1) is 0 Å². The smallest absolute Gasteiger partial charge is 0.404 e. The van der Waals surface area contributed by atoms with Crippen LogP contribution < -0.4 is 5.32 Å². The van der Waals surface area contributed by atoms with E-state index in [-0.39, 0.29) is 12.0 Å². The van der Waals surface area contributed by atoms with Crippen LogP contribution in [0.15, 0.2) is 34.9 Å².